The Morgan fingerprint density at radius 1 is 1.27 bits per heavy atom. The van der Waals surface area contributed by atoms with Crippen molar-refractivity contribution in [3.8, 4) is 0 Å². The first-order valence-corrected chi connectivity index (χ1v) is 5.83. The molecule has 0 radical (unpaired) electrons. The average molecular weight is 225 g/mol. The normalized spacial score (nSPS) is 27.1. The minimum atomic E-state index is 0.221. The van der Waals surface area contributed by atoms with E-state index in [2.05, 4.69) is 29.2 Å². The lowest BCUT2D eigenvalue weighted by Crippen LogP contribution is -2.23. The van der Waals surface area contributed by atoms with Crippen molar-refractivity contribution in [1.29, 1.82) is 0 Å². The van der Waals surface area contributed by atoms with E-state index < -0.39 is 0 Å². The maximum Gasteiger partial charge on any atom is 0.0515 e. The Hall–Kier alpha value is -0.570. The molecular formula is C12H17ClN2. The third-order valence-electron chi connectivity index (χ3n) is 2.99. The number of nitrogens with two attached hydrogens (primary N) is 1. The number of halogens is 1. The summed E-state index contributed by atoms with van der Waals surface area (Å²) in [4.78, 5) is 2.38. The zero-order chi connectivity index (χ0) is 10.7. The molecule has 2 nitrogen and oxygen atoms in total. The van der Waals surface area contributed by atoms with Crippen molar-refractivity contribution < 1.29 is 0 Å². The number of rotatable bonds is 3. The van der Waals surface area contributed by atoms with Crippen molar-refractivity contribution in [1.82, 2.24) is 4.90 Å². The maximum absolute atomic E-state index is 6.22. The minimum absolute atomic E-state index is 0.221. The molecule has 0 unspecified atom stereocenters. The molecule has 2 N–H and O–H groups in total. The Kier molecular flexibility index (Phi) is 3.62. The Balaban J connectivity index is 1.92. The van der Waals surface area contributed by atoms with E-state index in [0.29, 0.717) is 12.5 Å². The molecule has 1 aliphatic rings. The molecule has 1 saturated heterocycles. The molecule has 0 aromatic heterocycles. The summed E-state index contributed by atoms with van der Waals surface area (Å²) in [6, 6.07) is 10.5. The van der Waals surface area contributed by atoms with E-state index in [1.165, 1.54) is 5.56 Å². The first-order chi connectivity index (χ1) is 7.29. The van der Waals surface area contributed by atoms with Crippen molar-refractivity contribution in [3.63, 3.8) is 0 Å². The van der Waals surface area contributed by atoms with Crippen LogP contribution in [0.4, 0.5) is 0 Å². The van der Waals surface area contributed by atoms with Crippen molar-refractivity contribution in [2.45, 2.75) is 11.9 Å². The Bertz CT molecular complexity index is 302. The second-order valence-electron chi connectivity index (χ2n) is 4.19. The summed E-state index contributed by atoms with van der Waals surface area (Å²) in [5.74, 6) is 0.454. The van der Waals surface area contributed by atoms with Crippen molar-refractivity contribution in [3.05, 3.63) is 35.9 Å². The number of hydrogen-bond donors (Lipinski definition) is 1. The molecule has 0 amide bonds. The number of likely N-dealkylation sites (tertiary alicyclic amines) is 1. The highest BCUT2D eigenvalue weighted by atomic mass is 35.5. The topological polar surface area (TPSA) is 29.3 Å². The maximum atomic E-state index is 6.22. The SMILES string of the molecule is NC[C@@H]1CN(Cc2ccccc2)C[C@H]1Cl. The van der Waals surface area contributed by atoms with Crippen LogP contribution in [0.2, 0.25) is 0 Å². The smallest absolute Gasteiger partial charge is 0.0515 e. The molecule has 0 bridgehead atoms. The van der Waals surface area contributed by atoms with Crippen LogP contribution in [-0.2, 0) is 6.54 Å². The van der Waals surface area contributed by atoms with E-state index in [9.17, 15) is 0 Å². The van der Waals surface area contributed by atoms with Crippen LogP contribution in [0, 0.1) is 5.92 Å². The fourth-order valence-corrected chi connectivity index (χ4v) is 2.49. The highest BCUT2D eigenvalue weighted by Crippen LogP contribution is 2.22. The average Bonchev–Trinajstić information content (AvgIpc) is 2.60. The predicted molar refractivity (Wildman–Crippen MR) is 63.9 cm³/mol. The Labute approximate surface area is 96.0 Å². The highest BCUT2D eigenvalue weighted by Gasteiger charge is 2.29. The summed E-state index contributed by atoms with van der Waals surface area (Å²) in [6.45, 7) is 3.66. The Morgan fingerprint density at radius 3 is 2.60 bits per heavy atom. The molecule has 3 heteroatoms. The summed E-state index contributed by atoms with van der Waals surface area (Å²) in [6.07, 6.45) is 0. The van der Waals surface area contributed by atoms with Crippen molar-refractivity contribution in [2.75, 3.05) is 19.6 Å². The van der Waals surface area contributed by atoms with Gasteiger partial charge in [-0.05, 0) is 12.1 Å². The summed E-state index contributed by atoms with van der Waals surface area (Å²) < 4.78 is 0. The predicted octanol–water partition coefficient (Wildman–Crippen LogP) is 1.68. The van der Waals surface area contributed by atoms with Gasteiger partial charge in [0, 0.05) is 25.6 Å². The van der Waals surface area contributed by atoms with Crippen LogP contribution < -0.4 is 5.73 Å². The number of alkyl halides is 1. The molecule has 0 aliphatic carbocycles. The molecule has 1 fully saturated rings. The molecule has 2 atom stereocenters. The lowest BCUT2D eigenvalue weighted by atomic mass is 10.1. The van der Waals surface area contributed by atoms with Gasteiger partial charge in [-0.2, -0.15) is 0 Å². The van der Waals surface area contributed by atoms with E-state index in [1.807, 2.05) is 6.07 Å². The Morgan fingerprint density at radius 2 is 2.00 bits per heavy atom. The van der Waals surface area contributed by atoms with Crippen LogP contribution >= 0.6 is 11.6 Å². The van der Waals surface area contributed by atoms with Gasteiger partial charge in [-0.1, -0.05) is 30.3 Å². The summed E-state index contributed by atoms with van der Waals surface area (Å²) in [7, 11) is 0. The van der Waals surface area contributed by atoms with E-state index in [0.717, 1.165) is 19.6 Å². The standard InChI is InChI=1S/C12H17ClN2/c13-12-9-15(8-11(12)6-14)7-10-4-2-1-3-5-10/h1-5,11-12H,6-9,14H2/t11-,12-/m1/s1. The van der Waals surface area contributed by atoms with Crippen LogP contribution in [0.25, 0.3) is 0 Å². The van der Waals surface area contributed by atoms with Gasteiger partial charge in [0.2, 0.25) is 0 Å². The van der Waals surface area contributed by atoms with E-state index >= 15 is 0 Å². The molecule has 2 rings (SSSR count). The summed E-state index contributed by atoms with van der Waals surface area (Å²) >= 11 is 6.22. The van der Waals surface area contributed by atoms with Gasteiger partial charge in [0.05, 0.1) is 5.38 Å². The minimum Gasteiger partial charge on any atom is -0.330 e. The van der Waals surface area contributed by atoms with Gasteiger partial charge < -0.3 is 5.73 Å². The third-order valence-corrected chi connectivity index (χ3v) is 3.48. The summed E-state index contributed by atoms with van der Waals surface area (Å²) in [5.41, 5.74) is 7.02. The van der Waals surface area contributed by atoms with Crippen molar-refractivity contribution in [2.24, 2.45) is 11.7 Å². The van der Waals surface area contributed by atoms with Crippen LogP contribution in [0.3, 0.4) is 0 Å². The number of benzene rings is 1. The van der Waals surface area contributed by atoms with E-state index in [1.54, 1.807) is 0 Å². The van der Waals surface area contributed by atoms with E-state index in [-0.39, 0.29) is 5.38 Å². The van der Waals surface area contributed by atoms with Gasteiger partial charge >= 0.3 is 0 Å². The second kappa shape index (κ2) is 4.97. The van der Waals surface area contributed by atoms with Gasteiger partial charge in [0.15, 0.2) is 0 Å². The van der Waals surface area contributed by atoms with Gasteiger partial charge in [0.1, 0.15) is 0 Å². The lowest BCUT2D eigenvalue weighted by molar-refractivity contribution is 0.318. The zero-order valence-electron chi connectivity index (χ0n) is 8.77. The van der Waals surface area contributed by atoms with Crippen molar-refractivity contribution >= 4 is 11.6 Å². The van der Waals surface area contributed by atoms with Gasteiger partial charge in [-0.25, -0.2) is 0 Å². The molecular weight excluding hydrogens is 208 g/mol. The number of nitrogens with zero attached hydrogens (tertiary/aromatic N) is 1. The molecule has 1 aromatic rings. The fraction of sp³-hybridized carbons (Fsp3) is 0.500. The lowest BCUT2D eigenvalue weighted by Gasteiger charge is -2.15. The fourth-order valence-electron chi connectivity index (χ4n) is 2.11. The third kappa shape index (κ3) is 2.71. The second-order valence-corrected chi connectivity index (χ2v) is 4.75. The quantitative estimate of drug-likeness (QED) is 0.792. The molecule has 15 heavy (non-hydrogen) atoms. The first-order valence-electron chi connectivity index (χ1n) is 5.40. The molecule has 0 spiro atoms. The van der Waals surface area contributed by atoms with E-state index in [4.69, 9.17) is 17.3 Å². The first kappa shape index (κ1) is 10.9. The zero-order valence-corrected chi connectivity index (χ0v) is 9.53. The molecule has 82 valence electrons. The number of hydrogen-bond acceptors (Lipinski definition) is 2. The van der Waals surface area contributed by atoms with Crippen LogP contribution in [0.15, 0.2) is 30.3 Å². The van der Waals surface area contributed by atoms with Gasteiger partial charge in [-0.15, -0.1) is 11.6 Å². The summed E-state index contributed by atoms with van der Waals surface area (Å²) in [5, 5.41) is 0.221. The monoisotopic (exact) mass is 224 g/mol. The van der Waals surface area contributed by atoms with Crippen LogP contribution in [-0.4, -0.2) is 29.9 Å². The molecule has 1 aromatic carbocycles. The molecule has 0 saturated carbocycles. The van der Waals surface area contributed by atoms with Gasteiger partial charge in [0.25, 0.3) is 0 Å². The van der Waals surface area contributed by atoms with Crippen LogP contribution in [0.1, 0.15) is 5.56 Å². The largest absolute Gasteiger partial charge is 0.330 e. The van der Waals surface area contributed by atoms with Crippen LogP contribution in [0.5, 0.6) is 0 Å². The highest BCUT2D eigenvalue weighted by molar-refractivity contribution is 6.21. The van der Waals surface area contributed by atoms with Gasteiger partial charge in [-0.3, -0.25) is 4.90 Å². The molecule has 1 heterocycles. The molecule has 1 aliphatic heterocycles.